The molecule has 0 saturated carbocycles. The molecule has 38 heavy (non-hydrogen) atoms. The van der Waals surface area contributed by atoms with Crippen LogP contribution >= 0.6 is 0 Å². The van der Waals surface area contributed by atoms with Gasteiger partial charge in [-0.1, -0.05) is 30.3 Å². The average molecular weight is 604 g/mol. The van der Waals surface area contributed by atoms with Crippen molar-refractivity contribution >= 4 is 72.4 Å². The molecule has 0 aliphatic rings. The van der Waals surface area contributed by atoms with E-state index < -0.39 is 65.1 Å². The molecule has 17 heteroatoms. The molecule has 8 N–H and O–H groups in total. The van der Waals surface area contributed by atoms with Crippen molar-refractivity contribution in [3.8, 4) is 0 Å². The zero-order chi connectivity index (χ0) is 28.6. The minimum Gasteiger partial charge on any atom is -0.330 e. The number of nitrogens with zero attached hydrogens (tertiary/aromatic N) is 1. The highest BCUT2D eigenvalue weighted by molar-refractivity contribution is 7.94. The van der Waals surface area contributed by atoms with E-state index >= 15 is 0 Å². The van der Waals surface area contributed by atoms with Gasteiger partial charge in [-0.05, 0) is 41.1 Å². The number of hydrogen-bond acceptors (Lipinski definition) is 9. The van der Waals surface area contributed by atoms with Crippen LogP contribution in [0.1, 0.15) is 12.0 Å². The lowest BCUT2D eigenvalue weighted by molar-refractivity contribution is 0.517. The molecular formula is C21H25N5O8S4. The van der Waals surface area contributed by atoms with Crippen molar-refractivity contribution in [3.63, 3.8) is 0 Å². The van der Waals surface area contributed by atoms with Crippen molar-refractivity contribution in [2.45, 2.75) is 32.4 Å². The lowest BCUT2D eigenvalue weighted by Crippen LogP contribution is -2.29. The van der Waals surface area contributed by atoms with Crippen LogP contribution in [0.2, 0.25) is 0 Å². The van der Waals surface area contributed by atoms with Gasteiger partial charge in [-0.3, -0.25) is 0 Å². The number of sulfonamides is 4. The summed E-state index contributed by atoms with van der Waals surface area (Å²) < 4.78 is 106. The van der Waals surface area contributed by atoms with Crippen molar-refractivity contribution in [3.05, 3.63) is 35.9 Å². The second-order valence-electron chi connectivity index (χ2n) is 8.88. The van der Waals surface area contributed by atoms with E-state index in [1.54, 1.807) is 18.2 Å². The van der Waals surface area contributed by atoms with E-state index in [9.17, 15) is 33.7 Å². The van der Waals surface area contributed by atoms with E-state index in [0.717, 1.165) is 14.1 Å². The fraction of sp³-hybridized carbons (Fsp3) is 0.238. The number of aryl methyl sites for hydroxylation is 1. The fourth-order valence-electron chi connectivity index (χ4n) is 4.83. The molecule has 0 atom stereocenters. The van der Waals surface area contributed by atoms with E-state index in [2.05, 4.69) is 0 Å². The van der Waals surface area contributed by atoms with Gasteiger partial charge in [0.25, 0.3) is 0 Å². The maximum Gasteiger partial charge on any atom is 0.244 e. The van der Waals surface area contributed by atoms with Crippen LogP contribution in [0.5, 0.6) is 0 Å². The first kappa shape index (κ1) is 28.5. The minimum atomic E-state index is -5.17. The maximum absolute atomic E-state index is 13.5. The van der Waals surface area contributed by atoms with Gasteiger partial charge in [-0.15, -0.1) is 0 Å². The van der Waals surface area contributed by atoms with Gasteiger partial charge in [-0.2, -0.15) is 0 Å². The Balaban J connectivity index is 2.65. The summed E-state index contributed by atoms with van der Waals surface area (Å²) in [5.41, 5.74) is 5.74. The van der Waals surface area contributed by atoms with Gasteiger partial charge in [0.15, 0.2) is 0 Å². The summed E-state index contributed by atoms with van der Waals surface area (Å²) in [5, 5.41) is 16.6. The number of benzene rings is 4. The Bertz CT molecular complexity index is 2070. The fourth-order valence-corrected chi connectivity index (χ4v) is 10.1. The largest absolute Gasteiger partial charge is 0.330 e. The summed E-state index contributed by atoms with van der Waals surface area (Å²) in [5.74, 6) is 0. The number of primary sulfonamides is 3. The first-order valence-electron chi connectivity index (χ1n) is 10.9. The number of nitrogens with two attached hydrogens (primary N) is 4. The van der Waals surface area contributed by atoms with E-state index in [4.69, 9.17) is 21.2 Å². The van der Waals surface area contributed by atoms with Gasteiger partial charge >= 0.3 is 0 Å². The Morgan fingerprint density at radius 2 is 1.24 bits per heavy atom. The van der Waals surface area contributed by atoms with Crippen LogP contribution in [0.4, 0.5) is 0 Å². The standard InChI is InChI=1S/C21H25N5O8S4/c1-26(2)38(33,34)19-14-9-8-11-5-3-6-12-13(7-4-10-22)18(35(23,27)28)17(16(14)15(11)12)20(36(24,29)30)21(19)37(25,31)32/h3,5-6,8-9H,4,7,10,22H2,1-2H3,(H2,23,27,28)(H2,24,29,30)(H2,25,31,32). The molecule has 0 spiro atoms. The monoisotopic (exact) mass is 603 g/mol. The summed E-state index contributed by atoms with van der Waals surface area (Å²) >= 11 is 0. The Morgan fingerprint density at radius 3 is 1.74 bits per heavy atom. The van der Waals surface area contributed by atoms with Crippen LogP contribution in [-0.4, -0.2) is 58.6 Å². The Kier molecular flexibility index (Phi) is 6.78. The van der Waals surface area contributed by atoms with Crippen molar-refractivity contribution < 1.29 is 33.7 Å². The van der Waals surface area contributed by atoms with Gasteiger partial charge in [0.1, 0.15) is 14.7 Å². The van der Waals surface area contributed by atoms with Crippen molar-refractivity contribution in [2.24, 2.45) is 21.2 Å². The van der Waals surface area contributed by atoms with Crippen molar-refractivity contribution in [2.75, 3.05) is 20.6 Å². The molecular weight excluding hydrogens is 579 g/mol. The van der Waals surface area contributed by atoms with Gasteiger partial charge in [0.2, 0.25) is 40.1 Å². The first-order valence-corrected chi connectivity index (χ1v) is 16.9. The molecule has 0 fully saturated rings. The van der Waals surface area contributed by atoms with E-state index in [1.165, 1.54) is 12.1 Å². The summed E-state index contributed by atoms with van der Waals surface area (Å²) in [6, 6.07) is 7.62. The molecule has 206 valence electrons. The van der Waals surface area contributed by atoms with E-state index in [1.807, 2.05) is 0 Å². The lowest BCUT2D eigenvalue weighted by atomic mass is 9.89. The van der Waals surface area contributed by atoms with Crippen molar-refractivity contribution in [1.82, 2.24) is 4.31 Å². The second kappa shape index (κ2) is 9.04. The molecule has 4 rings (SSSR count). The van der Waals surface area contributed by atoms with Crippen LogP contribution in [0.15, 0.2) is 49.9 Å². The maximum atomic E-state index is 13.5. The van der Waals surface area contributed by atoms with Gasteiger partial charge in [0.05, 0.1) is 4.90 Å². The van der Waals surface area contributed by atoms with E-state index in [0.29, 0.717) is 20.5 Å². The Hall–Kier alpha value is -2.48. The van der Waals surface area contributed by atoms with Crippen LogP contribution in [0, 0.1) is 0 Å². The van der Waals surface area contributed by atoms with Crippen molar-refractivity contribution in [1.29, 1.82) is 0 Å². The molecule has 0 unspecified atom stereocenters. The summed E-state index contributed by atoms with van der Waals surface area (Å²) in [6.45, 7) is 0.138. The quantitative estimate of drug-likeness (QED) is 0.192. The highest BCUT2D eigenvalue weighted by Gasteiger charge is 2.40. The molecule has 0 bridgehead atoms. The number of hydrogen-bond donors (Lipinski definition) is 4. The molecule has 0 aromatic heterocycles. The smallest absolute Gasteiger partial charge is 0.244 e. The van der Waals surface area contributed by atoms with Gasteiger partial charge in [0, 0.05) is 30.3 Å². The SMILES string of the molecule is CN(C)S(=O)(=O)c1c(S(N)(=O)=O)c(S(N)(=O)=O)c2c(S(N)(=O)=O)c(CCCN)c3cccc4ccc1c2c43. The Morgan fingerprint density at radius 1 is 0.658 bits per heavy atom. The van der Waals surface area contributed by atoms with E-state index in [-0.39, 0.29) is 35.7 Å². The first-order chi connectivity index (χ1) is 17.3. The Labute approximate surface area is 219 Å². The summed E-state index contributed by atoms with van der Waals surface area (Å²) in [6.07, 6.45) is 0.277. The minimum absolute atomic E-state index is 0.0176. The molecule has 0 aliphatic heterocycles. The molecule has 0 radical (unpaired) electrons. The van der Waals surface area contributed by atoms with Gasteiger partial charge < -0.3 is 5.73 Å². The lowest BCUT2D eigenvalue weighted by Gasteiger charge is -2.25. The highest BCUT2D eigenvalue weighted by atomic mass is 32.2. The normalized spacial score (nSPS) is 13.9. The van der Waals surface area contributed by atoms with Crippen LogP contribution in [0.3, 0.4) is 0 Å². The molecule has 0 saturated heterocycles. The predicted molar refractivity (Wildman–Crippen MR) is 143 cm³/mol. The molecule has 4 aromatic rings. The predicted octanol–water partition coefficient (Wildman–Crippen LogP) is -0.332. The summed E-state index contributed by atoms with van der Waals surface area (Å²) in [4.78, 5) is -4.29. The number of rotatable bonds is 8. The second-order valence-corrected chi connectivity index (χ2v) is 15.5. The highest BCUT2D eigenvalue weighted by Crippen LogP contribution is 2.48. The topological polar surface area (TPSA) is 244 Å². The third kappa shape index (κ3) is 4.33. The summed E-state index contributed by atoms with van der Waals surface area (Å²) in [7, 11) is -17.6. The average Bonchev–Trinajstić information content (AvgIpc) is 2.77. The molecule has 0 heterocycles. The molecule has 0 aliphatic carbocycles. The van der Waals surface area contributed by atoms with Crippen LogP contribution < -0.4 is 21.2 Å². The molecule has 0 amide bonds. The zero-order valence-corrected chi connectivity index (χ0v) is 23.4. The zero-order valence-electron chi connectivity index (χ0n) is 20.2. The van der Waals surface area contributed by atoms with Crippen LogP contribution in [0.25, 0.3) is 32.3 Å². The molecule has 4 aromatic carbocycles. The third-order valence-corrected chi connectivity index (χ3v) is 11.4. The van der Waals surface area contributed by atoms with Crippen LogP contribution in [-0.2, 0) is 46.5 Å². The third-order valence-electron chi connectivity index (χ3n) is 6.23. The van der Waals surface area contributed by atoms with Gasteiger partial charge in [-0.25, -0.2) is 53.4 Å². The molecule has 13 nitrogen and oxygen atoms in total.